The zero-order valence-corrected chi connectivity index (χ0v) is 16.7. The summed E-state index contributed by atoms with van der Waals surface area (Å²) in [5.41, 5.74) is 0. The van der Waals surface area contributed by atoms with Gasteiger partial charge in [0.2, 0.25) is 5.91 Å². The number of nitrogens with zero attached hydrogens (tertiary/aromatic N) is 1. The van der Waals surface area contributed by atoms with Gasteiger partial charge in [-0.15, -0.1) is 0 Å². The second-order valence-corrected chi connectivity index (χ2v) is 7.23. The number of nitrogens with one attached hydrogen (secondary N) is 2. The van der Waals surface area contributed by atoms with E-state index in [1.165, 1.54) is 57.8 Å². The fraction of sp³-hybridized carbons (Fsp3) is 0.762. The maximum Gasteiger partial charge on any atom is 0.217 e. The normalized spacial score (nSPS) is 22.4. The van der Waals surface area contributed by atoms with Crippen LogP contribution in [0.2, 0.25) is 0 Å². The van der Waals surface area contributed by atoms with E-state index < -0.39 is 0 Å². The van der Waals surface area contributed by atoms with Crippen LogP contribution in [0.25, 0.3) is 0 Å². The van der Waals surface area contributed by atoms with Crippen LogP contribution in [0.15, 0.2) is 24.6 Å². The number of rotatable bonds is 14. The van der Waals surface area contributed by atoms with Crippen molar-refractivity contribution in [1.82, 2.24) is 10.6 Å². The highest BCUT2D eigenvalue weighted by Gasteiger charge is 2.36. The van der Waals surface area contributed by atoms with Gasteiger partial charge in [-0.05, 0) is 32.6 Å². The summed E-state index contributed by atoms with van der Waals surface area (Å²) in [6, 6.07) is 0. The minimum atomic E-state index is 0.0616. The average molecular weight is 351 g/mol. The van der Waals surface area contributed by atoms with Crippen LogP contribution in [0.5, 0.6) is 0 Å². The second kappa shape index (κ2) is 13.0. The molecule has 0 saturated carbocycles. The van der Waals surface area contributed by atoms with Crippen LogP contribution in [0.4, 0.5) is 0 Å². The number of unbranched alkanes of at least 4 members (excludes halogenated alkanes) is 6. The molecule has 1 heterocycles. The second-order valence-electron chi connectivity index (χ2n) is 7.23. The molecule has 0 saturated heterocycles. The summed E-state index contributed by atoms with van der Waals surface area (Å²) in [7, 11) is 0. The third-order valence-electron chi connectivity index (χ3n) is 5.24. The topological polar surface area (TPSA) is 41.1 Å². The van der Waals surface area contributed by atoms with E-state index in [-0.39, 0.29) is 5.91 Å². The lowest BCUT2D eigenvalue weighted by Gasteiger charge is -2.37. The van der Waals surface area contributed by atoms with E-state index in [2.05, 4.69) is 49.0 Å². The molecule has 1 rings (SSSR count). The van der Waals surface area contributed by atoms with Gasteiger partial charge < -0.3 is 10.6 Å². The van der Waals surface area contributed by atoms with Gasteiger partial charge in [-0.1, -0.05) is 44.8 Å². The largest absolute Gasteiger partial charge is 0.351 e. The van der Waals surface area contributed by atoms with Gasteiger partial charge >= 0.3 is 0 Å². The van der Waals surface area contributed by atoms with E-state index in [9.17, 15) is 4.79 Å². The van der Waals surface area contributed by atoms with Crippen molar-refractivity contribution in [2.24, 2.45) is 0 Å². The van der Waals surface area contributed by atoms with Crippen molar-refractivity contribution in [1.29, 1.82) is 0 Å². The van der Waals surface area contributed by atoms with E-state index >= 15 is 0 Å². The van der Waals surface area contributed by atoms with Gasteiger partial charge in [0.25, 0.3) is 0 Å². The number of carbonyl (C=O) groups is 1. The Morgan fingerprint density at radius 1 is 1.12 bits per heavy atom. The predicted octanol–water partition coefficient (Wildman–Crippen LogP) is 4.45. The molecule has 0 aromatic carbocycles. The summed E-state index contributed by atoms with van der Waals surface area (Å²) < 4.78 is 0.947. The lowest BCUT2D eigenvalue weighted by atomic mass is 10.1. The summed E-state index contributed by atoms with van der Waals surface area (Å²) in [6.07, 6.45) is 21.1. The SMILES string of the molecule is CCC/C=C/CCCCCCCC1NC=C[N+]1(CC)CCNC(C)=O. The highest BCUT2D eigenvalue weighted by molar-refractivity contribution is 5.72. The summed E-state index contributed by atoms with van der Waals surface area (Å²) in [6.45, 7) is 8.84. The maximum absolute atomic E-state index is 11.1. The van der Waals surface area contributed by atoms with E-state index in [1.54, 1.807) is 6.92 Å². The first-order chi connectivity index (χ1) is 12.1. The molecule has 0 fully saturated rings. The third kappa shape index (κ3) is 8.57. The van der Waals surface area contributed by atoms with Crippen molar-refractivity contribution in [3.63, 3.8) is 0 Å². The lowest BCUT2D eigenvalue weighted by Crippen LogP contribution is -2.55. The van der Waals surface area contributed by atoms with Crippen molar-refractivity contribution in [2.75, 3.05) is 19.6 Å². The van der Waals surface area contributed by atoms with Crippen molar-refractivity contribution in [3.05, 3.63) is 24.6 Å². The standard InChI is InChI=1S/C21H39N3O/c1-4-6-7-8-9-10-11-12-13-14-15-21-23-17-19-24(21,5-2)18-16-22-20(3)25/h7-8,17,19,21,23H,4-6,9-16,18H2,1-3H3/p+1/b8-7+. The van der Waals surface area contributed by atoms with Crippen molar-refractivity contribution in [2.45, 2.75) is 84.7 Å². The number of hydrogen-bond donors (Lipinski definition) is 2. The van der Waals surface area contributed by atoms with Crippen LogP contribution >= 0.6 is 0 Å². The highest BCUT2D eigenvalue weighted by atomic mass is 16.1. The highest BCUT2D eigenvalue weighted by Crippen LogP contribution is 2.22. The lowest BCUT2D eigenvalue weighted by molar-refractivity contribution is -0.898. The number of carbonyl (C=O) groups excluding carboxylic acids is 1. The van der Waals surface area contributed by atoms with Crippen LogP contribution in [0.1, 0.15) is 78.6 Å². The molecule has 4 nitrogen and oxygen atoms in total. The minimum Gasteiger partial charge on any atom is -0.351 e. The first-order valence-electron chi connectivity index (χ1n) is 10.3. The third-order valence-corrected chi connectivity index (χ3v) is 5.24. The molecule has 0 spiro atoms. The number of hydrogen-bond acceptors (Lipinski definition) is 2. The number of quaternary nitrogens is 1. The average Bonchev–Trinajstić information content (AvgIpc) is 2.99. The Morgan fingerprint density at radius 2 is 1.84 bits per heavy atom. The fourth-order valence-electron chi connectivity index (χ4n) is 3.58. The first-order valence-corrected chi connectivity index (χ1v) is 10.3. The molecule has 2 unspecified atom stereocenters. The molecule has 1 aliphatic heterocycles. The van der Waals surface area contributed by atoms with Gasteiger partial charge in [0.15, 0.2) is 6.17 Å². The summed E-state index contributed by atoms with van der Waals surface area (Å²) in [5.74, 6) is 0.0616. The van der Waals surface area contributed by atoms with Crippen molar-refractivity contribution < 1.29 is 9.28 Å². The Labute approximate surface area is 155 Å². The molecule has 0 aromatic rings. The molecule has 0 bridgehead atoms. The van der Waals surface area contributed by atoms with Crippen LogP contribution in [-0.2, 0) is 4.79 Å². The molecule has 4 heteroatoms. The van der Waals surface area contributed by atoms with E-state index in [0.29, 0.717) is 6.17 Å². The Kier molecular flexibility index (Phi) is 11.3. The smallest absolute Gasteiger partial charge is 0.217 e. The molecular formula is C21H40N3O+. The van der Waals surface area contributed by atoms with Gasteiger partial charge in [-0.25, -0.2) is 0 Å². The van der Waals surface area contributed by atoms with Crippen LogP contribution < -0.4 is 10.6 Å². The molecule has 2 atom stereocenters. The zero-order valence-electron chi connectivity index (χ0n) is 16.7. The van der Waals surface area contributed by atoms with Crippen molar-refractivity contribution >= 4 is 5.91 Å². The minimum absolute atomic E-state index is 0.0616. The Hall–Kier alpha value is -1.29. The number of likely N-dealkylation sites (N-methyl/N-ethyl adjacent to an activating group) is 1. The Bertz CT molecular complexity index is 419. The summed E-state index contributed by atoms with van der Waals surface area (Å²) >= 11 is 0. The number of amides is 1. The van der Waals surface area contributed by atoms with Crippen molar-refractivity contribution in [3.8, 4) is 0 Å². The fourth-order valence-corrected chi connectivity index (χ4v) is 3.58. The van der Waals surface area contributed by atoms with Gasteiger partial charge in [0.1, 0.15) is 12.7 Å². The molecule has 0 aromatic heterocycles. The molecule has 25 heavy (non-hydrogen) atoms. The maximum atomic E-state index is 11.1. The van der Waals surface area contributed by atoms with Gasteiger partial charge in [0.05, 0.1) is 19.3 Å². The monoisotopic (exact) mass is 350 g/mol. The van der Waals surface area contributed by atoms with E-state index in [0.717, 1.165) is 24.1 Å². The first kappa shape index (κ1) is 21.8. The van der Waals surface area contributed by atoms with Crippen LogP contribution in [-0.4, -0.2) is 36.2 Å². The van der Waals surface area contributed by atoms with Gasteiger partial charge in [-0.3, -0.25) is 9.28 Å². The molecule has 0 radical (unpaired) electrons. The van der Waals surface area contributed by atoms with E-state index in [4.69, 9.17) is 0 Å². The van der Waals surface area contributed by atoms with Crippen LogP contribution in [0, 0.1) is 0 Å². The Morgan fingerprint density at radius 3 is 2.56 bits per heavy atom. The van der Waals surface area contributed by atoms with E-state index in [1.807, 2.05) is 0 Å². The van der Waals surface area contributed by atoms with Crippen LogP contribution in [0.3, 0.4) is 0 Å². The molecule has 0 aliphatic carbocycles. The van der Waals surface area contributed by atoms with Gasteiger partial charge in [-0.2, -0.15) is 0 Å². The number of allylic oxidation sites excluding steroid dienone is 2. The summed E-state index contributed by atoms with van der Waals surface area (Å²) in [4.78, 5) is 11.1. The predicted molar refractivity (Wildman–Crippen MR) is 107 cm³/mol. The molecular weight excluding hydrogens is 310 g/mol. The quantitative estimate of drug-likeness (QED) is 0.276. The Balaban J connectivity index is 2.17. The van der Waals surface area contributed by atoms with Gasteiger partial charge in [0, 0.05) is 13.3 Å². The molecule has 1 aliphatic rings. The molecule has 1 amide bonds. The molecule has 2 N–H and O–H groups in total. The zero-order chi connectivity index (χ0) is 18.4. The molecule has 144 valence electrons. The summed E-state index contributed by atoms with van der Waals surface area (Å²) in [5, 5.41) is 6.48.